The summed E-state index contributed by atoms with van der Waals surface area (Å²) >= 11 is 0. The van der Waals surface area contributed by atoms with Crippen molar-refractivity contribution in [3.8, 4) is 5.75 Å². The Kier molecular flexibility index (Phi) is 6.59. The second kappa shape index (κ2) is 9.79. The van der Waals surface area contributed by atoms with Crippen molar-refractivity contribution in [1.82, 2.24) is 9.80 Å². The minimum Gasteiger partial charge on any atom is -0.481 e. The van der Waals surface area contributed by atoms with Gasteiger partial charge in [-0.15, -0.1) is 0 Å². The number of carbonyl (C=O) groups is 2. The highest BCUT2D eigenvalue weighted by molar-refractivity contribution is 5.83. The number of amides is 2. The third kappa shape index (κ3) is 4.69. The molecule has 2 aliphatic heterocycles. The standard InChI is InChI=1S/C28H34N2O4/c1-3-25(28(32)29-13-15-33-16-14-29)34-23-10-9-20-11-12-30(27(31)21-7-8-21)26(24(20)18-23)22-6-4-5-19(2)17-22/h4-6,9-10,17-18,21,25-26H,3,7-8,11-16H2,1-2H3. The average molecular weight is 463 g/mol. The van der Waals surface area contributed by atoms with Gasteiger partial charge in [0.2, 0.25) is 5.91 Å². The Morgan fingerprint density at radius 2 is 1.88 bits per heavy atom. The molecule has 0 aromatic heterocycles. The summed E-state index contributed by atoms with van der Waals surface area (Å²) in [5.74, 6) is 1.14. The number of morpholine rings is 1. The first-order valence-corrected chi connectivity index (χ1v) is 12.6. The summed E-state index contributed by atoms with van der Waals surface area (Å²) < 4.78 is 11.7. The van der Waals surface area contributed by atoms with E-state index in [2.05, 4.69) is 48.2 Å². The maximum atomic E-state index is 13.2. The number of carbonyl (C=O) groups excluding carboxylic acids is 2. The van der Waals surface area contributed by atoms with Gasteiger partial charge in [0.05, 0.1) is 19.3 Å². The first kappa shape index (κ1) is 22.9. The van der Waals surface area contributed by atoms with Crippen molar-refractivity contribution in [2.75, 3.05) is 32.8 Å². The van der Waals surface area contributed by atoms with Crippen LogP contribution in [0.5, 0.6) is 5.75 Å². The monoisotopic (exact) mass is 462 g/mol. The van der Waals surface area contributed by atoms with E-state index in [-0.39, 0.29) is 23.8 Å². The topological polar surface area (TPSA) is 59.1 Å². The van der Waals surface area contributed by atoms with Crippen LogP contribution in [0.4, 0.5) is 0 Å². The van der Waals surface area contributed by atoms with Gasteiger partial charge in [0.1, 0.15) is 5.75 Å². The van der Waals surface area contributed by atoms with Crippen LogP contribution in [0.15, 0.2) is 42.5 Å². The van der Waals surface area contributed by atoms with Crippen LogP contribution < -0.4 is 4.74 Å². The van der Waals surface area contributed by atoms with Crippen molar-refractivity contribution in [2.24, 2.45) is 5.92 Å². The molecular formula is C28H34N2O4. The number of hydrogen-bond donors (Lipinski definition) is 0. The smallest absolute Gasteiger partial charge is 0.263 e. The van der Waals surface area contributed by atoms with Crippen molar-refractivity contribution in [1.29, 1.82) is 0 Å². The van der Waals surface area contributed by atoms with Crippen LogP contribution in [-0.2, 0) is 20.7 Å². The van der Waals surface area contributed by atoms with Crippen molar-refractivity contribution in [3.63, 3.8) is 0 Å². The maximum Gasteiger partial charge on any atom is 0.263 e. The quantitative estimate of drug-likeness (QED) is 0.654. The predicted molar refractivity (Wildman–Crippen MR) is 130 cm³/mol. The number of rotatable bonds is 6. The second-order valence-corrected chi connectivity index (χ2v) is 9.69. The summed E-state index contributed by atoms with van der Waals surface area (Å²) in [6.07, 6.45) is 2.89. The fraction of sp³-hybridized carbons (Fsp3) is 0.500. The lowest BCUT2D eigenvalue weighted by Crippen LogP contribution is -2.47. The molecule has 5 rings (SSSR count). The molecule has 2 atom stereocenters. The van der Waals surface area contributed by atoms with Crippen LogP contribution in [0.1, 0.15) is 54.5 Å². The van der Waals surface area contributed by atoms with Gasteiger partial charge in [-0.2, -0.15) is 0 Å². The molecule has 1 aliphatic carbocycles. The van der Waals surface area contributed by atoms with Crippen molar-refractivity contribution < 1.29 is 19.1 Å². The largest absolute Gasteiger partial charge is 0.481 e. The summed E-state index contributed by atoms with van der Waals surface area (Å²) in [4.78, 5) is 30.2. The van der Waals surface area contributed by atoms with E-state index in [0.29, 0.717) is 38.5 Å². The number of hydrogen-bond acceptors (Lipinski definition) is 4. The van der Waals surface area contributed by atoms with Crippen LogP contribution in [0.3, 0.4) is 0 Å². The second-order valence-electron chi connectivity index (χ2n) is 9.69. The molecule has 2 amide bonds. The molecule has 0 bridgehead atoms. The third-order valence-electron chi connectivity index (χ3n) is 7.16. The third-order valence-corrected chi connectivity index (χ3v) is 7.16. The first-order chi connectivity index (χ1) is 16.5. The molecular weight excluding hydrogens is 428 g/mol. The number of fused-ring (bicyclic) bond motifs is 1. The van der Waals surface area contributed by atoms with E-state index in [0.717, 1.165) is 36.9 Å². The fourth-order valence-electron chi connectivity index (χ4n) is 5.13. The molecule has 1 saturated carbocycles. The molecule has 6 heteroatoms. The van der Waals surface area contributed by atoms with Crippen molar-refractivity contribution >= 4 is 11.8 Å². The minimum absolute atomic E-state index is 0.0179. The zero-order valence-electron chi connectivity index (χ0n) is 20.2. The Morgan fingerprint density at radius 1 is 1.09 bits per heavy atom. The molecule has 6 nitrogen and oxygen atoms in total. The van der Waals surface area contributed by atoms with Gasteiger partial charge in [-0.3, -0.25) is 9.59 Å². The van der Waals surface area contributed by atoms with Gasteiger partial charge in [-0.1, -0.05) is 42.8 Å². The Hall–Kier alpha value is -2.86. The maximum absolute atomic E-state index is 13.2. The highest BCUT2D eigenvalue weighted by Gasteiger charge is 2.39. The lowest BCUT2D eigenvalue weighted by Gasteiger charge is -2.38. The molecule has 0 N–H and O–H groups in total. The van der Waals surface area contributed by atoms with E-state index < -0.39 is 6.10 Å². The van der Waals surface area contributed by atoms with Gasteiger partial charge in [0.15, 0.2) is 6.10 Å². The Morgan fingerprint density at radius 3 is 2.59 bits per heavy atom. The fourth-order valence-corrected chi connectivity index (χ4v) is 5.13. The lowest BCUT2D eigenvalue weighted by molar-refractivity contribution is -0.143. The van der Waals surface area contributed by atoms with E-state index in [1.807, 2.05) is 17.9 Å². The summed E-state index contributed by atoms with van der Waals surface area (Å²) in [7, 11) is 0. The first-order valence-electron chi connectivity index (χ1n) is 12.6. The van der Waals surface area contributed by atoms with Crippen LogP contribution in [0.25, 0.3) is 0 Å². The number of aryl methyl sites for hydroxylation is 1. The molecule has 2 aromatic rings. The number of ether oxygens (including phenoxy) is 2. The molecule has 2 fully saturated rings. The highest BCUT2D eigenvalue weighted by atomic mass is 16.5. The zero-order chi connectivity index (χ0) is 23.7. The van der Waals surface area contributed by atoms with E-state index in [9.17, 15) is 9.59 Å². The summed E-state index contributed by atoms with van der Waals surface area (Å²) in [5.41, 5.74) is 4.66. The molecule has 2 unspecified atom stereocenters. The molecule has 0 radical (unpaired) electrons. The van der Waals surface area contributed by atoms with Crippen molar-refractivity contribution in [3.05, 3.63) is 64.7 Å². The Balaban J connectivity index is 1.45. The zero-order valence-corrected chi connectivity index (χ0v) is 20.2. The molecule has 34 heavy (non-hydrogen) atoms. The summed E-state index contributed by atoms with van der Waals surface area (Å²) in [6, 6.07) is 14.5. The molecule has 3 aliphatic rings. The van der Waals surface area contributed by atoms with Crippen LogP contribution in [-0.4, -0.2) is 60.6 Å². The van der Waals surface area contributed by atoms with Crippen molar-refractivity contribution in [2.45, 2.75) is 51.7 Å². The van der Waals surface area contributed by atoms with E-state index in [1.165, 1.54) is 11.1 Å². The molecule has 180 valence electrons. The predicted octanol–water partition coefficient (Wildman–Crippen LogP) is 3.90. The van der Waals surface area contributed by atoms with Gasteiger partial charge in [-0.05, 0) is 61.4 Å². The normalized spacial score (nSPS) is 21.1. The summed E-state index contributed by atoms with van der Waals surface area (Å²) in [5, 5.41) is 0. The van der Waals surface area contributed by atoms with Gasteiger partial charge < -0.3 is 19.3 Å². The number of nitrogens with zero attached hydrogens (tertiary/aromatic N) is 2. The molecule has 1 saturated heterocycles. The van der Waals surface area contributed by atoms with Crippen LogP contribution >= 0.6 is 0 Å². The van der Waals surface area contributed by atoms with E-state index >= 15 is 0 Å². The Bertz CT molecular complexity index is 1060. The van der Waals surface area contributed by atoms with E-state index in [4.69, 9.17) is 9.47 Å². The van der Waals surface area contributed by atoms with Gasteiger partial charge in [0, 0.05) is 25.6 Å². The highest BCUT2D eigenvalue weighted by Crippen LogP contribution is 2.41. The van der Waals surface area contributed by atoms with Crippen LogP contribution in [0.2, 0.25) is 0 Å². The summed E-state index contributed by atoms with van der Waals surface area (Å²) in [6.45, 7) is 7.16. The Labute approximate surface area is 201 Å². The number of benzene rings is 2. The van der Waals surface area contributed by atoms with Crippen LogP contribution in [0, 0.1) is 12.8 Å². The average Bonchev–Trinajstić information content (AvgIpc) is 3.72. The molecule has 2 aromatic carbocycles. The molecule has 2 heterocycles. The molecule has 0 spiro atoms. The lowest BCUT2D eigenvalue weighted by atomic mass is 9.87. The minimum atomic E-state index is -0.527. The van der Waals surface area contributed by atoms with E-state index in [1.54, 1.807) is 0 Å². The van der Waals surface area contributed by atoms with Gasteiger partial charge >= 0.3 is 0 Å². The van der Waals surface area contributed by atoms with Gasteiger partial charge in [-0.25, -0.2) is 0 Å². The SMILES string of the molecule is CCC(Oc1ccc2c(c1)C(c1cccc(C)c1)N(C(=O)C1CC1)CC2)C(=O)N1CCOCC1. The van der Waals surface area contributed by atoms with Gasteiger partial charge in [0.25, 0.3) is 5.91 Å².